The normalized spacial score (nSPS) is 10.8. The third-order valence-corrected chi connectivity index (χ3v) is 3.98. The highest BCUT2D eigenvalue weighted by Crippen LogP contribution is 2.20. The van der Waals surface area contributed by atoms with Crippen LogP contribution in [0.15, 0.2) is 54.6 Å². The molecule has 0 N–H and O–H groups in total. The smallest absolute Gasteiger partial charge is 0.169 e. The summed E-state index contributed by atoms with van der Waals surface area (Å²) in [6.45, 7) is 1.86. The van der Waals surface area contributed by atoms with Gasteiger partial charge < -0.3 is 0 Å². The summed E-state index contributed by atoms with van der Waals surface area (Å²) >= 11 is 6.07. The molecule has 0 amide bonds. The minimum Gasteiger partial charge on any atom is -0.294 e. The lowest BCUT2D eigenvalue weighted by Gasteiger charge is -2.07. The predicted octanol–water partition coefficient (Wildman–Crippen LogP) is 4.62. The number of ketones is 1. The molecular weight excluding hydrogens is 282 g/mol. The second-order valence-corrected chi connectivity index (χ2v) is 5.41. The number of hydrogen-bond donors (Lipinski definition) is 0. The van der Waals surface area contributed by atoms with Crippen molar-refractivity contribution in [3.63, 3.8) is 0 Å². The molecule has 2 aromatic carbocycles. The van der Waals surface area contributed by atoms with Gasteiger partial charge >= 0.3 is 0 Å². The summed E-state index contributed by atoms with van der Waals surface area (Å²) < 4.78 is 0. The van der Waals surface area contributed by atoms with Crippen LogP contribution in [0.2, 0.25) is 5.02 Å². The van der Waals surface area contributed by atoms with E-state index in [1.165, 1.54) is 0 Å². The van der Waals surface area contributed by atoms with Crippen molar-refractivity contribution in [2.24, 2.45) is 0 Å². The number of benzene rings is 2. The van der Waals surface area contributed by atoms with Gasteiger partial charge in [-0.25, -0.2) is 0 Å². The number of para-hydroxylation sites is 1. The van der Waals surface area contributed by atoms with Crippen molar-refractivity contribution < 1.29 is 4.79 Å². The second-order valence-electron chi connectivity index (χ2n) is 5.01. The van der Waals surface area contributed by atoms with E-state index in [0.29, 0.717) is 10.6 Å². The second kappa shape index (κ2) is 5.66. The Balaban J connectivity index is 1.91. The van der Waals surface area contributed by atoms with Gasteiger partial charge in [-0.3, -0.25) is 9.78 Å². The van der Waals surface area contributed by atoms with Gasteiger partial charge in [-0.1, -0.05) is 48.0 Å². The molecule has 1 aromatic heterocycles. The van der Waals surface area contributed by atoms with E-state index in [1.54, 1.807) is 12.1 Å². The number of carbonyl (C=O) groups is 1. The topological polar surface area (TPSA) is 30.0 Å². The van der Waals surface area contributed by atoms with Crippen LogP contribution in [0.4, 0.5) is 0 Å². The molecule has 0 aliphatic heterocycles. The van der Waals surface area contributed by atoms with E-state index in [-0.39, 0.29) is 12.2 Å². The quantitative estimate of drug-likeness (QED) is 0.660. The first kappa shape index (κ1) is 13.8. The molecule has 0 saturated heterocycles. The van der Waals surface area contributed by atoms with Gasteiger partial charge in [-0.15, -0.1) is 0 Å². The molecule has 2 nitrogen and oxygen atoms in total. The van der Waals surface area contributed by atoms with Crippen molar-refractivity contribution in [1.29, 1.82) is 0 Å². The summed E-state index contributed by atoms with van der Waals surface area (Å²) in [4.78, 5) is 17.0. The fraction of sp³-hybridized carbons (Fsp3) is 0.111. The molecule has 0 aliphatic carbocycles. The minimum atomic E-state index is 0.0396. The highest BCUT2D eigenvalue weighted by molar-refractivity contribution is 6.31. The predicted molar refractivity (Wildman–Crippen MR) is 86.0 cm³/mol. The van der Waals surface area contributed by atoms with Crippen molar-refractivity contribution in [3.05, 3.63) is 76.4 Å². The number of hydrogen-bond acceptors (Lipinski definition) is 2. The first-order chi connectivity index (χ1) is 10.1. The molecule has 0 aliphatic rings. The van der Waals surface area contributed by atoms with Gasteiger partial charge in [0.25, 0.3) is 0 Å². The Bertz CT molecular complexity index is 826. The lowest BCUT2D eigenvalue weighted by atomic mass is 10.0. The SMILES string of the molecule is Cc1c(Cl)cccc1C(=O)Cc1ccc2ccccc2n1. The molecule has 0 spiro atoms. The minimum absolute atomic E-state index is 0.0396. The third kappa shape index (κ3) is 2.81. The zero-order valence-electron chi connectivity index (χ0n) is 11.6. The lowest BCUT2D eigenvalue weighted by Crippen LogP contribution is -2.07. The number of rotatable bonds is 3. The maximum Gasteiger partial charge on any atom is 0.169 e. The van der Waals surface area contributed by atoms with Crippen molar-refractivity contribution in [2.75, 3.05) is 0 Å². The van der Waals surface area contributed by atoms with Gasteiger partial charge in [0, 0.05) is 21.7 Å². The molecule has 3 aromatic rings. The van der Waals surface area contributed by atoms with Crippen LogP contribution in [0.5, 0.6) is 0 Å². The van der Waals surface area contributed by atoms with E-state index in [0.717, 1.165) is 22.2 Å². The fourth-order valence-corrected chi connectivity index (χ4v) is 2.55. The van der Waals surface area contributed by atoms with Gasteiger partial charge in [0.2, 0.25) is 0 Å². The maximum absolute atomic E-state index is 12.4. The van der Waals surface area contributed by atoms with Crippen LogP contribution in [0, 0.1) is 6.92 Å². The molecule has 3 rings (SSSR count). The standard InChI is InChI=1S/C18H14ClNO/c1-12-15(6-4-7-16(12)19)18(21)11-14-10-9-13-5-2-3-8-17(13)20-14/h2-10H,11H2,1H3. The molecule has 3 heteroatoms. The Labute approximate surface area is 128 Å². The summed E-state index contributed by atoms with van der Waals surface area (Å²) in [6, 6.07) is 17.2. The Morgan fingerprint density at radius 1 is 1.05 bits per heavy atom. The monoisotopic (exact) mass is 295 g/mol. The van der Waals surface area contributed by atoms with Crippen LogP contribution in [-0.2, 0) is 6.42 Å². The molecule has 0 saturated carbocycles. The van der Waals surface area contributed by atoms with Crippen LogP contribution in [0.1, 0.15) is 21.6 Å². The Kier molecular flexibility index (Phi) is 3.72. The van der Waals surface area contributed by atoms with E-state index in [2.05, 4.69) is 4.98 Å². The van der Waals surface area contributed by atoms with Crippen LogP contribution in [-0.4, -0.2) is 10.8 Å². The van der Waals surface area contributed by atoms with Crippen molar-refractivity contribution >= 4 is 28.3 Å². The lowest BCUT2D eigenvalue weighted by molar-refractivity contribution is 0.0991. The molecule has 0 fully saturated rings. The number of aromatic nitrogens is 1. The van der Waals surface area contributed by atoms with Crippen LogP contribution in [0.25, 0.3) is 10.9 Å². The average Bonchev–Trinajstić information content (AvgIpc) is 2.50. The summed E-state index contributed by atoms with van der Waals surface area (Å²) in [5.41, 5.74) is 3.17. The number of Topliss-reactive ketones (excluding diaryl/α,β-unsaturated/α-hetero) is 1. The van der Waals surface area contributed by atoms with Gasteiger partial charge in [0.1, 0.15) is 0 Å². The third-order valence-electron chi connectivity index (χ3n) is 3.57. The molecule has 0 bridgehead atoms. The molecule has 0 unspecified atom stereocenters. The van der Waals surface area contributed by atoms with E-state index in [1.807, 2.05) is 49.4 Å². The van der Waals surface area contributed by atoms with Gasteiger partial charge in [0.05, 0.1) is 11.9 Å². The molecular formula is C18H14ClNO. The highest BCUT2D eigenvalue weighted by Gasteiger charge is 2.12. The Morgan fingerprint density at radius 2 is 1.86 bits per heavy atom. The molecule has 104 valence electrons. The number of fused-ring (bicyclic) bond motifs is 1. The van der Waals surface area contributed by atoms with Crippen molar-refractivity contribution in [2.45, 2.75) is 13.3 Å². The van der Waals surface area contributed by atoms with Gasteiger partial charge in [0.15, 0.2) is 5.78 Å². The Hall–Kier alpha value is -2.19. The number of nitrogens with zero attached hydrogens (tertiary/aromatic N) is 1. The summed E-state index contributed by atoms with van der Waals surface area (Å²) in [7, 11) is 0. The van der Waals surface area contributed by atoms with Crippen molar-refractivity contribution in [1.82, 2.24) is 4.98 Å². The Morgan fingerprint density at radius 3 is 2.71 bits per heavy atom. The van der Waals surface area contributed by atoms with Crippen LogP contribution < -0.4 is 0 Å². The van der Waals surface area contributed by atoms with Crippen LogP contribution >= 0.6 is 11.6 Å². The molecule has 0 radical (unpaired) electrons. The summed E-state index contributed by atoms with van der Waals surface area (Å²) in [6.07, 6.45) is 0.284. The maximum atomic E-state index is 12.4. The largest absolute Gasteiger partial charge is 0.294 e. The number of pyridine rings is 1. The van der Waals surface area contributed by atoms with Gasteiger partial charge in [-0.2, -0.15) is 0 Å². The van der Waals surface area contributed by atoms with E-state index in [4.69, 9.17) is 11.6 Å². The van der Waals surface area contributed by atoms with Gasteiger partial charge in [-0.05, 0) is 30.7 Å². The van der Waals surface area contributed by atoms with E-state index < -0.39 is 0 Å². The zero-order chi connectivity index (χ0) is 14.8. The fourth-order valence-electron chi connectivity index (χ4n) is 2.38. The molecule has 0 atom stereocenters. The number of halogens is 1. The summed E-state index contributed by atoms with van der Waals surface area (Å²) in [5.74, 6) is 0.0396. The van der Waals surface area contributed by atoms with E-state index in [9.17, 15) is 4.79 Å². The zero-order valence-corrected chi connectivity index (χ0v) is 12.4. The summed E-state index contributed by atoms with van der Waals surface area (Å²) in [5, 5.41) is 1.69. The highest BCUT2D eigenvalue weighted by atomic mass is 35.5. The molecule has 21 heavy (non-hydrogen) atoms. The first-order valence-electron chi connectivity index (χ1n) is 6.78. The molecule has 1 heterocycles. The van der Waals surface area contributed by atoms with Crippen molar-refractivity contribution in [3.8, 4) is 0 Å². The number of carbonyl (C=O) groups excluding carboxylic acids is 1. The first-order valence-corrected chi connectivity index (χ1v) is 7.16. The van der Waals surface area contributed by atoms with E-state index >= 15 is 0 Å². The average molecular weight is 296 g/mol. The van der Waals surface area contributed by atoms with Crippen LogP contribution in [0.3, 0.4) is 0 Å².